The number of hydrogen-bond acceptors (Lipinski definition) is 14. The van der Waals surface area contributed by atoms with Gasteiger partial charge in [0.2, 0.25) is 11.9 Å². The monoisotopic (exact) mass is 1320 g/mol. The molecule has 532 valence electrons. The number of esters is 2. The van der Waals surface area contributed by atoms with Gasteiger partial charge in [0.15, 0.2) is 0 Å². The Morgan fingerprint density at radius 3 is 0.968 bits per heavy atom. The van der Waals surface area contributed by atoms with Gasteiger partial charge in [-0.05, 0) is 104 Å². The second kappa shape index (κ2) is 54.5. The Balaban J connectivity index is 1.44. The number of ether oxygens (including phenoxy) is 4. The van der Waals surface area contributed by atoms with Crippen LogP contribution in [0.2, 0.25) is 0 Å². The average molecular weight is 1320 g/mol. The van der Waals surface area contributed by atoms with Crippen LogP contribution < -0.4 is 43.0 Å². The van der Waals surface area contributed by atoms with Crippen molar-refractivity contribution in [2.24, 2.45) is 0 Å². The Hall–Kier alpha value is -6.74. The molecule has 0 aromatic carbocycles. The second-order valence-corrected chi connectivity index (χ2v) is 25.5. The van der Waals surface area contributed by atoms with Crippen LogP contribution >= 0.6 is 0 Å². The maximum absolute atomic E-state index is 13.5. The number of rotatable bonds is 20. The third kappa shape index (κ3) is 42.6. The molecule has 2 aromatic rings. The standard InChI is InChI=1S/C72H122N10O12/c1-57(2)65(85)91-55-51-75-71(89)93-53-43-35-39-47-61-59-45-37-31-27-23-19-15-11-7-5-9-13-18-22-26-30-34-42-50-74-70(88)82-68-78-62(48-40-36-44-54-94-72(90)76-52-56-92-66(86)58(3)4)60(64(84)80-68)46-38-32-28-24-20-16-12-8-6-10-14-17-21-25-29-33-41-49-73-69(87)81-67(77-61)79-63(59)83/h1,3,5-56H2,2,4H3,(H,75,89)(H,76,90)(H3,73,77,79,81,83,87)(H3,74,78,80,82,84,88). The molecule has 0 saturated heterocycles. The van der Waals surface area contributed by atoms with Crippen molar-refractivity contribution in [2.75, 3.05) is 63.2 Å². The van der Waals surface area contributed by atoms with Gasteiger partial charge in [-0.1, -0.05) is 206 Å². The number of H-pyrrole nitrogens is 2. The molecule has 0 spiro atoms. The molecule has 4 bridgehead atoms. The van der Waals surface area contributed by atoms with E-state index in [1.807, 2.05) is 0 Å². The van der Waals surface area contributed by atoms with Crippen molar-refractivity contribution in [3.8, 4) is 0 Å². The summed E-state index contributed by atoms with van der Waals surface area (Å²) < 4.78 is 20.5. The number of aromatic amines is 2. The van der Waals surface area contributed by atoms with Crippen LogP contribution in [0.3, 0.4) is 0 Å². The Morgan fingerprint density at radius 1 is 0.383 bits per heavy atom. The van der Waals surface area contributed by atoms with Crippen LogP contribution in [0.1, 0.15) is 293 Å². The zero-order valence-corrected chi connectivity index (χ0v) is 58.0. The topological polar surface area (TPSA) is 303 Å². The minimum absolute atomic E-state index is 0.0251. The molecular formula is C72H122N10O12. The zero-order valence-electron chi connectivity index (χ0n) is 58.0. The number of hydrogen-bond donors (Lipinski definition) is 8. The number of aromatic nitrogens is 4. The minimum atomic E-state index is -0.583. The fourth-order valence-corrected chi connectivity index (χ4v) is 11.4. The number of aryl methyl sites for hydroxylation is 2. The molecule has 0 aliphatic carbocycles. The van der Waals surface area contributed by atoms with Crippen LogP contribution in [0.25, 0.3) is 0 Å². The molecule has 0 saturated carbocycles. The van der Waals surface area contributed by atoms with E-state index in [4.69, 9.17) is 28.9 Å². The van der Waals surface area contributed by atoms with Gasteiger partial charge in [-0.3, -0.25) is 30.2 Å². The molecule has 0 atom stereocenters. The molecule has 0 unspecified atom stereocenters. The summed E-state index contributed by atoms with van der Waals surface area (Å²) in [5.41, 5.74) is 2.86. The fourth-order valence-electron chi connectivity index (χ4n) is 11.4. The lowest BCUT2D eigenvalue weighted by Gasteiger charge is -2.12. The number of amides is 6. The summed E-state index contributed by atoms with van der Waals surface area (Å²) in [6.45, 7) is 12.0. The molecule has 4 aliphatic heterocycles. The van der Waals surface area contributed by atoms with Gasteiger partial charge in [0.1, 0.15) is 13.2 Å². The first kappa shape index (κ1) is 81.5. The number of carbonyl (C=O) groups excluding carboxylic acids is 6. The van der Waals surface area contributed by atoms with Crippen molar-refractivity contribution >= 4 is 48.1 Å². The van der Waals surface area contributed by atoms with E-state index in [-0.39, 0.29) is 85.7 Å². The highest BCUT2D eigenvalue weighted by molar-refractivity contribution is 5.88. The van der Waals surface area contributed by atoms with E-state index in [1.165, 1.54) is 141 Å². The lowest BCUT2D eigenvalue weighted by atomic mass is 10.0. The van der Waals surface area contributed by atoms with Gasteiger partial charge in [0.25, 0.3) is 11.1 Å². The summed E-state index contributed by atoms with van der Waals surface area (Å²) in [7, 11) is 0. The first-order valence-electron chi connectivity index (χ1n) is 36.5. The summed E-state index contributed by atoms with van der Waals surface area (Å²) in [5.74, 6) is -0.734. The van der Waals surface area contributed by atoms with E-state index in [2.05, 4.69) is 55.0 Å². The lowest BCUT2D eigenvalue weighted by Crippen LogP contribution is -2.32. The number of urea groups is 2. The summed E-state index contributed by atoms with van der Waals surface area (Å²) >= 11 is 0. The number of alkyl carbamates (subject to hydrolysis) is 2. The van der Waals surface area contributed by atoms with E-state index >= 15 is 0 Å². The maximum Gasteiger partial charge on any atom is 0.407 e. The van der Waals surface area contributed by atoms with Gasteiger partial charge in [0.05, 0.1) is 37.7 Å². The van der Waals surface area contributed by atoms with Crippen LogP contribution in [0.5, 0.6) is 0 Å². The molecule has 94 heavy (non-hydrogen) atoms. The van der Waals surface area contributed by atoms with Gasteiger partial charge in [0, 0.05) is 35.4 Å². The number of unbranched alkanes of at least 4 members (excludes halogenated alkanes) is 4. The van der Waals surface area contributed by atoms with Gasteiger partial charge in [-0.15, -0.1) is 0 Å². The quantitative estimate of drug-likeness (QED) is 0.0265. The molecule has 6 amide bonds. The highest BCUT2D eigenvalue weighted by atomic mass is 16.6. The van der Waals surface area contributed by atoms with E-state index in [1.54, 1.807) is 13.8 Å². The Kier molecular flexibility index (Phi) is 47.3. The summed E-state index contributed by atoms with van der Waals surface area (Å²) in [5, 5.41) is 16.6. The number of nitrogens with one attached hydrogen (secondary N) is 8. The molecule has 6 heterocycles. The van der Waals surface area contributed by atoms with Crippen molar-refractivity contribution in [1.82, 2.24) is 41.2 Å². The van der Waals surface area contributed by atoms with Crippen LogP contribution in [0.15, 0.2) is 33.9 Å². The zero-order chi connectivity index (χ0) is 67.9. The predicted molar refractivity (Wildman–Crippen MR) is 374 cm³/mol. The highest BCUT2D eigenvalue weighted by Gasteiger charge is 2.17. The Morgan fingerprint density at radius 2 is 0.670 bits per heavy atom. The summed E-state index contributed by atoms with van der Waals surface area (Å²) in [6, 6.07) is -0.780. The molecule has 22 nitrogen and oxygen atoms in total. The van der Waals surface area contributed by atoms with Crippen LogP contribution in [-0.2, 0) is 54.2 Å². The molecule has 22 heteroatoms. The molecular weight excluding hydrogens is 1200 g/mol. The van der Waals surface area contributed by atoms with E-state index in [0.717, 1.165) is 103 Å². The first-order valence-corrected chi connectivity index (χ1v) is 36.5. The normalized spacial score (nSPS) is 16.7. The van der Waals surface area contributed by atoms with E-state index < -0.39 is 24.1 Å². The second-order valence-electron chi connectivity index (χ2n) is 25.5. The predicted octanol–water partition coefficient (Wildman–Crippen LogP) is 15.3. The SMILES string of the molecule is C=C(C)C(=O)OCCNC(=O)OCCCCCc1nc2[nH]c(=O)c1CCCCCCCCCCCCCCCCCCCNC(=O)Nc1nc(CCCCCOC(=O)NCCOC(=O)C(=C)C)c(c(=O)[nH]1)CCCCCCCCCCCCCCCCCCCNC(=O)N2. The molecule has 0 fully saturated rings. The number of carbonyl (C=O) groups is 6. The van der Waals surface area contributed by atoms with Crippen molar-refractivity contribution in [3.05, 3.63) is 67.5 Å². The van der Waals surface area contributed by atoms with Gasteiger partial charge in [-0.25, -0.2) is 38.7 Å². The maximum atomic E-state index is 13.5. The van der Waals surface area contributed by atoms with Crippen molar-refractivity contribution in [3.63, 3.8) is 0 Å². The van der Waals surface area contributed by atoms with E-state index in [0.29, 0.717) is 74.1 Å². The van der Waals surface area contributed by atoms with Gasteiger partial charge >= 0.3 is 36.2 Å². The number of nitrogens with zero attached hydrogens (tertiary/aromatic N) is 2. The molecule has 2 aromatic heterocycles. The largest absolute Gasteiger partial charge is 0.460 e. The van der Waals surface area contributed by atoms with Gasteiger partial charge < -0.3 is 40.2 Å². The minimum Gasteiger partial charge on any atom is -0.460 e. The summed E-state index contributed by atoms with van der Waals surface area (Å²) in [6.07, 6.45) is 44.8. The van der Waals surface area contributed by atoms with Crippen molar-refractivity contribution < 1.29 is 47.7 Å². The van der Waals surface area contributed by atoms with E-state index in [9.17, 15) is 38.4 Å². The van der Waals surface area contributed by atoms with Crippen LogP contribution in [0, 0.1) is 0 Å². The van der Waals surface area contributed by atoms with Gasteiger partial charge in [-0.2, -0.15) is 0 Å². The van der Waals surface area contributed by atoms with Crippen molar-refractivity contribution in [1.29, 1.82) is 0 Å². The third-order valence-corrected chi connectivity index (χ3v) is 16.9. The number of anilines is 2. The smallest absolute Gasteiger partial charge is 0.407 e. The van der Waals surface area contributed by atoms with Crippen molar-refractivity contribution in [2.45, 2.75) is 296 Å². The first-order chi connectivity index (χ1) is 45.7. The third-order valence-electron chi connectivity index (χ3n) is 16.9. The highest BCUT2D eigenvalue weighted by Crippen LogP contribution is 2.20. The Bertz CT molecular complexity index is 2420. The molecule has 4 aliphatic rings. The average Bonchev–Trinajstić information content (AvgIpc) is 0.855. The summed E-state index contributed by atoms with van der Waals surface area (Å²) in [4.78, 5) is 115. The van der Waals surface area contributed by atoms with Crippen LogP contribution in [0.4, 0.5) is 31.1 Å². The molecule has 6 rings (SSSR count). The fraction of sp³-hybridized carbons (Fsp3) is 0.750. The van der Waals surface area contributed by atoms with Crippen LogP contribution in [-0.4, -0.2) is 109 Å². The lowest BCUT2D eigenvalue weighted by molar-refractivity contribution is -0.139. The molecule has 0 radical (unpaired) electrons. The Labute approximate surface area is 561 Å². The molecule has 8 N–H and O–H groups in total.